The topological polar surface area (TPSA) is 75.1 Å². The van der Waals surface area contributed by atoms with E-state index >= 15 is 0 Å². The Labute approximate surface area is 165 Å². The van der Waals surface area contributed by atoms with Gasteiger partial charge < -0.3 is 10.4 Å². The third-order valence-corrected chi connectivity index (χ3v) is 4.52. The maximum atomic E-state index is 12.7. The molecule has 3 rings (SSSR count). The zero-order valence-electron chi connectivity index (χ0n) is 16.4. The van der Waals surface area contributed by atoms with Crippen LogP contribution in [0.4, 0.5) is 0 Å². The lowest BCUT2D eigenvalue weighted by atomic mass is 9.96. The first-order valence-electron chi connectivity index (χ1n) is 9.32. The molecule has 0 spiro atoms. The zero-order valence-corrected chi connectivity index (χ0v) is 16.4. The predicted octanol–water partition coefficient (Wildman–Crippen LogP) is 3.73. The van der Waals surface area contributed by atoms with Crippen LogP contribution in [0.25, 0.3) is 11.1 Å². The Balaban J connectivity index is 1.75. The third kappa shape index (κ3) is 5.02. The third-order valence-electron chi connectivity index (χ3n) is 4.52. The van der Waals surface area contributed by atoms with Gasteiger partial charge in [0.2, 0.25) is 0 Å². The highest BCUT2D eigenvalue weighted by atomic mass is 16.3. The van der Waals surface area contributed by atoms with Gasteiger partial charge in [-0.05, 0) is 56.7 Å². The molecule has 2 aromatic heterocycles. The number of nitrogens with zero attached hydrogens (tertiary/aromatic N) is 2. The fraction of sp³-hybridized carbons (Fsp3) is 0.261. The van der Waals surface area contributed by atoms with Crippen LogP contribution in [0.15, 0.2) is 67.1 Å². The zero-order chi connectivity index (χ0) is 20.1. The lowest BCUT2D eigenvalue weighted by Gasteiger charge is -2.18. The highest BCUT2D eigenvalue weighted by Gasteiger charge is 2.17. The first-order chi connectivity index (χ1) is 13.3. The van der Waals surface area contributed by atoms with Crippen LogP contribution in [0.3, 0.4) is 0 Å². The quantitative estimate of drug-likeness (QED) is 0.688. The van der Waals surface area contributed by atoms with E-state index in [9.17, 15) is 9.90 Å². The summed E-state index contributed by atoms with van der Waals surface area (Å²) >= 11 is 0. The van der Waals surface area contributed by atoms with Crippen molar-refractivity contribution in [2.24, 2.45) is 0 Å². The van der Waals surface area contributed by atoms with Crippen LogP contribution in [-0.4, -0.2) is 27.0 Å². The summed E-state index contributed by atoms with van der Waals surface area (Å²) in [7, 11) is 0. The number of hydrogen-bond acceptors (Lipinski definition) is 4. The van der Waals surface area contributed by atoms with Crippen molar-refractivity contribution in [3.63, 3.8) is 0 Å². The molecule has 28 heavy (non-hydrogen) atoms. The van der Waals surface area contributed by atoms with Crippen LogP contribution in [0.2, 0.25) is 0 Å². The van der Waals surface area contributed by atoms with Crippen molar-refractivity contribution in [2.45, 2.75) is 38.8 Å². The largest absolute Gasteiger partial charge is 0.386 e. The number of carbonyl (C=O) groups is 1. The molecule has 3 aromatic rings. The SMILES string of the molecule is C[C@H](Cc1ccccn1)NC(=O)c1cccc(-c2cncc(C(C)(C)O)c2)c1. The van der Waals surface area contributed by atoms with E-state index in [0.717, 1.165) is 22.4 Å². The van der Waals surface area contributed by atoms with E-state index in [1.807, 2.05) is 49.4 Å². The summed E-state index contributed by atoms with van der Waals surface area (Å²) in [5, 5.41) is 13.2. The second kappa shape index (κ2) is 8.31. The molecule has 1 atom stereocenters. The Morgan fingerprint density at radius 2 is 1.93 bits per heavy atom. The standard InChI is InChI=1S/C23H25N3O2/c1-16(11-21-9-4-5-10-25-21)26-22(27)18-8-6-7-17(12-18)19-13-20(15-24-14-19)23(2,3)28/h4-10,12-16,28H,11H2,1-3H3,(H,26,27)/t16-/m1/s1. The molecule has 0 bridgehead atoms. The smallest absolute Gasteiger partial charge is 0.251 e. The summed E-state index contributed by atoms with van der Waals surface area (Å²) in [6.45, 7) is 5.41. The van der Waals surface area contributed by atoms with E-state index in [-0.39, 0.29) is 11.9 Å². The van der Waals surface area contributed by atoms with E-state index in [1.165, 1.54) is 0 Å². The van der Waals surface area contributed by atoms with E-state index < -0.39 is 5.60 Å². The second-order valence-corrected chi connectivity index (χ2v) is 7.50. The first-order valence-corrected chi connectivity index (χ1v) is 9.32. The molecular weight excluding hydrogens is 350 g/mol. The van der Waals surface area contributed by atoms with Crippen LogP contribution in [0, 0.1) is 0 Å². The minimum atomic E-state index is -0.973. The normalized spacial score (nSPS) is 12.4. The Kier molecular flexibility index (Phi) is 5.85. The Morgan fingerprint density at radius 3 is 2.64 bits per heavy atom. The van der Waals surface area contributed by atoms with Gasteiger partial charge in [0.15, 0.2) is 0 Å². The molecule has 0 saturated heterocycles. The molecule has 5 nitrogen and oxygen atoms in total. The lowest BCUT2D eigenvalue weighted by Crippen LogP contribution is -2.34. The molecule has 0 saturated carbocycles. The van der Waals surface area contributed by atoms with Gasteiger partial charge in [-0.25, -0.2) is 0 Å². The number of amides is 1. The molecule has 1 amide bonds. The van der Waals surface area contributed by atoms with Gasteiger partial charge in [-0.1, -0.05) is 18.2 Å². The molecule has 2 N–H and O–H groups in total. The van der Waals surface area contributed by atoms with Crippen LogP contribution >= 0.6 is 0 Å². The predicted molar refractivity (Wildman–Crippen MR) is 110 cm³/mol. The highest BCUT2D eigenvalue weighted by molar-refractivity contribution is 5.95. The van der Waals surface area contributed by atoms with Gasteiger partial charge in [0.25, 0.3) is 5.91 Å². The first kappa shape index (κ1) is 19.7. The monoisotopic (exact) mass is 375 g/mol. The summed E-state index contributed by atoms with van der Waals surface area (Å²) < 4.78 is 0. The molecule has 0 radical (unpaired) electrons. The Bertz CT molecular complexity index is 949. The number of hydrogen-bond donors (Lipinski definition) is 2. The minimum absolute atomic E-state index is 0.0359. The Hall–Kier alpha value is -3.05. The molecule has 1 aromatic carbocycles. The fourth-order valence-corrected chi connectivity index (χ4v) is 2.96. The minimum Gasteiger partial charge on any atom is -0.386 e. The molecule has 0 unspecified atom stereocenters. The molecule has 0 aliphatic carbocycles. The van der Waals surface area contributed by atoms with Crippen molar-refractivity contribution in [2.75, 3.05) is 0 Å². The van der Waals surface area contributed by atoms with Crippen molar-refractivity contribution >= 4 is 5.91 Å². The van der Waals surface area contributed by atoms with Crippen molar-refractivity contribution in [1.82, 2.24) is 15.3 Å². The number of carbonyl (C=O) groups excluding carboxylic acids is 1. The van der Waals surface area contributed by atoms with Gasteiger partial charge in [-0.2, -0.15) is 0 Å². The molecule has 0 fully saturated rings. The highest BCUT2D eigenvalue weighted by Crippen LogP contribution is 2.25. The van der Waals surface area contributed by atoms with E-state index in [1.54, 1.807) is 38.5 Å². The fourth-order valence-electron chi connectivity index (χ4n) is 2.96. The number of aromatic nitrogens is 2. The van der Waals surface area contributed by atoms with Crippen LogP contribution in [0.1, 0.15) is 42.4 Å². The second-order valence-electron chi connectivity index (χ2n) is 7.50. The van der Waals surface area contributed by atoms with Gasteiger partial charge in [0.1, 0.15) is 0 Å². The van der Waals surface area contributed by atoms with Crippen LogP contribution in [0.5, 0.6) is 0 Å². The summed E-state index contributed by atoms with van der Waals surface area (Å²) in [5.74, 6) is -0.128. The van der Waals surface area contributed by atoms with Crippen molar-refractivity contribution < 1.29 is 9.90 Å². The van der Waals surface area contributed by atoms with Crippen molar-refractivity contribution in [1.29, 1.82) is 0 Å². The van der Waals surface area contributed by atoms with Crippen LogP contribution < -0.4 is 5.32 Å². The summed E-state index contributed by atoms with van der Waals surface area (Å²) in [6.07, 6.45) is 5.81. The van der Waals surface area contributed by atoms with Gasteiger partial charge in [0.05, 0.1) is 5.60 Å². The molecule has 2 heterocycles. The summed E-state index contributed by atoms with van der Waals surface area (Å²) in [6, 6.07) is 15.0. The van der Waals surface area contributed by atoms with E-state index in [0.29, 0.717) is 12.0 Å². The molecule has 5 heteroatoms. The van der Waals surface area contributed by atoms with E-state index in [2.05, 4.69) is 15.3 Å². The number of benzene rings is 1. The Morgan fingerprint density at radius 1 is 1.11 bits per heavy atom. The number of nitrogens with one attached hydrogen (secondary N) is 1. The lowest BCUT2D eigenvalue weighted by molar-refractivity contribution is 0.0782. The average Bonchev–Trinajstić information content (AvgIpc) is 2.68. The van der Waals surface area contributed by atoms with E-state index in [4.69, 9.17) is 0 Å². The number of rotatable bonds is 6. The summed E-state index contributed by atoms with van der Waals surface area (Å²) in [4.78, 5) is 21.2. The maximum Gasteiger partial charge on any atom is 0.251 e. The number of pyridine rings is 2. The number of aliphatic hydroxyl groups is 1. The molecule has 0 aliphatic rings. The van der Waals surface area contributed by atoms with Gasteiger partial charge >= 0.3 is 0 Å². The maximum absolute atomic E-state index is 12.7. The van der Waals surface area contributed by atoms with Gasteiger partial charge in [-0.15, -0.1) is 0 Å². The van der Waals surface area contributed by atoms with Gasteiger partial charge in [-0.3, -0.25) is 14.8 Å². The molecule has 0 aliphatic heterocycles. The van der Waals surface area contributed by atoms with Gasteiger partial charge in [0, 0.05) is 53.4 Å². The average molecular weight is 375 g/mol. The van der Waals surface area contributed by atoms with Crippen molar-refractivity contribution in [3.8, 4) is 11.1 Å². The van der Waals surface area contributed by atoms with Crippen LogP contribution in [-0.2, 0) is 12.0 Å². The summed E-state index contributed by atoms with van der Waals surface area (Å²) in [5.41, 5.74) is 3.01. The van der Waals surface area contributed by atoms with Crippen molar-refractivity contribution in [3.05, 3.63) is 83.9 Å². The molecular formula is C23H25N3O2. The molecule has 144 valence electrons.